The molecule has 4 heteroatoms. The highest BCUT2D eigenvalue weighted by molar-refractivity contribution is 6.31. The highest BCUT2D eigenvalue weighted by Gasteiger charge is 2.18. The molecule has 1 aliphatic heterocycles. The van der Waals surface area contributed by atoms with Crippen LogP contribution in [0.4, 0.5) is 5.82 Å². The Morgan fingerprint density at radius 3 is 3.11 bits per heavy atom. The Kier molecular flexibility index (Phi) is 3.58. The Morgan fingerprint density at radius 1 is 1.42 bits per heavy atom. The number of pyridine rings is 1. The maximum atomic E-state index is 6.04. The largest absolute Gasteiger partial charge is 0.374 e. The van der Waals surface area contributed by atoms with E-state index in [0.717, 1.165) is 35.9 Å². The Hall–Kier alpha value is -1.32. The van der Waals surface area contributed by atoms with Crippen molar-refractivity contribution in [2.45, 2.75) is 25.9 Å². The van der Waals surface area contributed by atoms with Crippen molar-refractivity contribution >= 4 is 28.3 Å². The first-order valence-electron chi connectivity index (χ1n) is 6.70. The van der Waals surface area contributed by atoms with Crippen molar-refractivity contribution in [2.75, 3.05) is 18.5 Å². The standard InChI is InChI=1S/C15H17ClN2O/c1-10-7-15(17-9-12-3-2-6-19-12)18-14-8-11(16)4-5-13(10)14/h4-5,7-8,12H,2-3,6,9H2,1H3,(H,17,18)/p+1/t12-/m1/s1. The Labute approximate surface area is 117 Å². The van der Waals surface area contributed by atoms with Crippen molar-refractivity contribution in [1.82, 2.24) is 0 Å². The van der Waals surface area contributed by atoms with Gasteiger partial charge in [-0.1, -0.05) is 11.6 Å². The molecule has 0 saturated carbocycles. The molecule has 0 bridgehead atoms. The van der Waals surface area contributed by atoms with Gasteiger partial charge in [-0.2, -0.15) is 0 Å². The first-order valence-corrected chi connectivity index (χ1v) is 7.08. The lowest BCUT2D eigenvalue weighted by molar-refractivity contribution is -0.327. The summed E-state index contributed by atoms with van der Waals surface area (Å²) in [4.78, 5) is 3.38. The van der Waals surface area contributed by atoms with Crippen molar-refractivity contribution in [3.8, 4) is 0 Å². The number of aryl methyl sites for hydroxylation is 1. The number of fused-ring (bicyclic) bond motifs is 1. The van der Waals surface area contributed by atoms with Gasteiger partial charge in [-0.3, -0.25) is 5.32 Å². The number of nitrogens with one attached hydrogen (secondary N) is 2. The maximum absolute atomic E-state index is 6.04. The van der Waals surface area contributed by atoms with E-state index >= 15 is 0 Å². The van der Waals surface area contributed by atoms with Crippen LogP contribution in [-0.4, -0.2) is 19.3 Å². The molecule has 1 saturated heterocycles. The molecule has 0 radical (unpaired) electrons. The van der Waals surface area contributed by atoms with Gasteiger partial charge in [-0.15, -0.1) is 0 Å². The summed E-state index contributed by atoms with van der Waals surface area (Å²) in [6.07, 6.45) is 2.65. The summed E-state index contributed by atoms with van der Waals surface area (Å²) in [6.45, 7) is 3.85. The molecule has 1 atom stereocenters. The van der Waals surface area contributed by atoms with Gasteiger partial charge in [0.2, 0.25) is 0 Å². The lowest BCUT2D eigenvalue weighted by Gasteiger charge is -2.08. The number of anilines is 1. The second kappa shape index (κ2) is 5.35. The molecule has 2 aromatic rings. The molecule has 1 aliphatic rings. The molecule has 1 aromatic heterocycles. The van der Waals surface area contributed by atoms with Crippen LogP contribution < -0.4 is 10.3 Å². The second-order valence-electron chi connectivity index (χ2n) is 5.07. The predicted molar refractivity (Wildman–Crippen MR) is 77.7 cm³/mol. The Bertz CT molecular complexity index is 594. The van der Waals surface area contributed by atoms with E-state index in [1.807, 2.05) is 18.2 Å². The Balaban J connectivity index is 1.83. The quantitative estimate of drug-likeness (QED) is 0.935. The number of benzene rings is 1. The van der Waals surface area contributed by atoms with E-state index in [1.54, 1.807) is 0 Å². The van der Waals surface area contributed by atoms with E-state index in [9.17, 15) is 0 Å². The SMILES string of the molecule is Cc1cc(NC[C@H]2CCCO2)[nH+]c2cc(Cl)ccc12. The average molecular weight is 278 g/mol. The molecule has 1 aromatic carbocycles. The van der Waals surface area contributed by atoms with Crippen molar-refractivity contribution in [2.24, 2.45) is 0 Å². The first-order chi connectivity index (χ1) is 9.22. The highest BCUT2D eigenvalue weighted by atomic mass is 35.5. The van der Waals surface area contributed by atoms with E-state index in [4.69, 9.17) is 16.3 Å². The van der Waals surface area contributed by atoms with Crippen LogP contribution in [0.1, 0.15) is 18.4 Å². The molecule has 0 unspecified atom stereocenters. The first kappa shape index (κ1) is 12.7. The number of halogens is 1. The number of ether oxygens (including phenoxy) is 1. The van der Waals surface area contributed by atoms with E-state index < -0.39 is 0 Å². The van der Waals surface area contributed by atoms with Gasteiger partial charge in [0, 0.05) is 29.1 Å². The van der Waals surface area contributed by atoms with E-state index in [0.29, 0.717) is 6.10 Å². The van der Waals surface area contributed by atoms with E-state index in [1.165, 1.54) is 17.4 Å². The third-order valence-corrected chi connectivity index (χ3v) is 3.82. The number of hydrogen-bond donors (Lipinski definition) is 1. The summed E-state index contributed by atoms with van der Waals surface area (Å²) in [5.74, 6) is 1.02. The predicted octanol–water partition coefficient (Wildman–Crippen LogP) is 3.21. The fourth-order valence-corrected chi connectivity index (χ4v) is 2.74. The molecule has 0 aliphatic carbocycles. The Morgan fingerprint density at radius 2 is 2.32 bits per heavy atom. The van der Waals surface area contributed by atoms with Crippen LogP contribution in [0.5, 0.6) is 0 Å². The number of aromatic nitrogens is 1. The van der Waals surface area contributed by atoms with Gasteiger partial charge in [0.05, 0.1) is 6.10 Å². The van der Waals surface area contributed by atoms with Crippen LogP contribution in [0.15, 0.2) is 24.3 Å². The highest BCUT2D eigenvalue weighted by Crippen LogP contribution is 2.21. The number of aromatic amines is 1. The molecule has 1 fully saturated rings. The molecule has 3 nitrogen and oxygen atoms in total. The fraction of sp³-hybridized carbons (Fsp3) is 0.400. The molecule has 2 heterocycles. The molecule has 100 valence electrons. The lowest BCUT2D eigenvalue weighted by atomic mass is 10.1. The fourth-order valence-electron chi connectivity index (χ4n) is 2.56. The monoisotopic (exact) mass is 277 g/mol. The van der Waals surface area contributed by atoms with Crippen molar-refractivity contribution in [1.29, 1.82) is 0 Å². The van der Waals surface area contributed by atoms with Gasteiger partial charge in [0.25, 0.3) is 5.82 Å². The zero-order valence-corrected chi connectivity index (χ0v) is 11.8. The zero-order chi connectivity index (χ0) is 13.2. The molecule has 0 spiro atoms. The minimum Gasteiger partial charge on any atom is -0.374 e. The van der Waals surface area contributed by atoms with Gasteiger partial charge in [0.15, 0.2) is 0 Å². The number of rotatable bonds is 3. The van der Waals surface area contributed by atoms with Crippen LogP contribution in [0, 0.1) is 6.92 Å². The minimum absolute atomic E-state index is 0.337. The van der Waals surface area contributed by atoms with E-state index in [-0.39, 0.29) is 0 Å². The third kappa shape index (κ3) is 2.82. The molecule has 0 amide bonds. The van der Waals surface area contributed by atoms with Crippen molar-refractivity contribution < 1.29 is 9.72 Å². The van der Waals surface area contributed by atoms with Gasteiger partial charge < -0.3 is 4.74 Å². The summed E-state index contributed by atoms with van der Waals surface area (Å²) < 4.78 is 5.61. The second-order valence-corrected chi connectivity index (χ2v) is 5.51. The van der Waals surface area contributed by atoms with Crippen LogP contribution in [-0.2, 0) is 4.74 Å². The summed E-state index contributed by atoms with van der Waals surface area (Å²) in [7, 11) is 0. The van der Waals surface area contributed by atoms with Crippen molar-refractivity contribution in [3.05, 3.63) is 34.9 Å². The average Bonchev–Trinajstić information content (AvgIpc) is 2.89. The van der Waals surface area contributed by atoms with Crippen molar-refractivity contribution in [3.63, 3.8) is 0 Å². The third-order valence-electron chi connectivity index (χ3n) is 3.58. The van der Waals surface area contributed by atoms with Gasteiger partial charge in [-0.05, 0) is 37.5 Å². The normalized spacial score (nSPS) is 18.9. The molecule has 19 heavy (non-hydrogen) atoms. The van der Waals surface area contributed by atoms with E-state index in [2.05, 4.69) is 23.3 Å². The zero-order valence-electron chi connectivity index (χ0n) is 11.0. The molecule has 3 rings (SSSR count). The van der Waals surface area contributed by atoms with Crippen LogP contribution in [0.25, 0.3) is 10.9 Å². The van der Waals surface area contributed by atoms with Gasteiger partial charge in [0.1, 0.15) is 12.1 Å². The van der Waals surface area contributed by atoms with Gasteiger partial charge in [-0.25, -0.2) is 4.98 Å². The lowest BCUT2D eigenvalue weighted by Crippen LogP contribution is -2.23. The van der Waals surface area contributed by atoms with Gasteiger partial charge >= 0.3 is 0 Å². The summed E-state index contributed by atoms with van der Waals surface area (Å²) >= 11 is 6.04. The minimum atomic E-state index is 0.337. The number of H-pyrrole nitrogens is 1. The van der Waals surface area contributed by atoms with Crippen LogP contribution in [0.2, 0.25) is 5.02 Å². The summed E-state index contributed by atoms with van der Waals surface area (Å²) in [5, 5.41) is 5.37. The molecular formula is C15H18ClN2O+. The number of hydrogen-bond acceptors (Lipinski definition) is 2. The molecule has 2 N–H and O–H groups in total. The molecular weight excluding hydrogens is 260 g/mol. The summed E-state index contributed by atoms with van der Waals surface area (Å²) in [6, 6.07) is 8.06. The van der Waals surface area contributed by atoms with Crippen LogP contribution in [0.3, 0.4) is 0 Å². The smallest absolute Gasteiger partial charge is 0.273 e. The summed E-state index contributed by atoms with van der Waals surface area (Å²) in [5.41, 5.74) is 2.29. The maximum Gasteiger partial charge on any atom is 0.273 e. The topological polar surface area (TPSA) is 35.4 Å². The van der Waals surface area contributed by atoms with Crippen LogP contribution >= 0.6 is 11.6 Å².